The lowest BCUT2D eigenvalue weighted by Crippen LogP contribution is -2.53. The van der Waals surface area contributed by atoms with Crippen LogP contribution in [0.4, 0.5) is 4.79 Å². The molecule has 2 amide bonds. The van der Waals surface area contributed by atoms with Crippen LogP contribution in [0.25, 0.3) is 10.9 Å². The van der Waals surface area contributed by atoms with Gasteiger partial charge in [0.1, 0.15) is 34.9 Å². The van der Waals surface area contributed by atoms with E-state index in [4.69, 9.17) is 23.9 Å². The lowest BCUT2D eigenvalue weighted by atomic mass is 9.90. The van der Waals surface area contributed by atoms with E-state index in [0.717, 1.165) is 18.2 Å². The van der Waals surface area contributed by atoms with Gasteiger partial charge >= 0.3 is 6.09 Å². The first-order chi connectivity index (χ1) is 20.6. The second-order valence-electron chi connectivity index (χ2n) is 13.4. The number of hydrogen-bond acceptors (Lipinski definition) is 7. The van der Waals surface area contributed by atoms with Gasteiger partial charge in [-0.15, -0.1) is 0 Å². The van der Waals surface area contributed by atoms with Crippen molar-refractivity contribution in [1.82, 2.24) is 14.8 Å². The number of pyridine rings is 1. The molecule has 1 aliphatic carbocycles. The molecule has 1 saturated carbocycles. The molecule has 1 aromatic heterocycles. The summed E-state index contributed by atoms with van der Waals surface area (Å²) in [7, 11) is 1.63. The summed E-state index contributed by atoms with van der Waals surface area (Å²) in [6.45, 7) is 12.8. The number of rotatable bonds is 11. The van der Waals surface area contributed by atoms with E-state index in [2.05, 4.69) is 13.8 Å². The number of aromatic nitrogens is 1. The maximum atomic E-state index is 14.3. The first kappa shape index (κ1) is 32.8. The molecule has 1 aliphatic heterocycles. The average Bonchev–Trinajstić information content (AvgIpc) is 2.98. The molecular weight excluding hydrogens is 546 g/mol. The zero-order valence-corrected chi connectivity index (χ0v) is 27.0. The predicted octanol–water partition coefficient (Wildman–Crippen LogP) is 6.72. The Morgan fingerprint density at radius 3 is 2.49 bits per heavy atom. The fourth-order valence-corrected chi connectivity index (χ4v) is 5.97. The zero-order valence-electron chi connectivity index (χ0n) is 27.0. The average molecular weight is 598 g/mol. The monoisotopic (exact) mass is 597 g/mol. The SMILES string of the molecule is COCCOc1cc(C(=O)N(CC(C)C)[C@@H]2CCCN(C(=O)OC(C)(C)C)C2)nc2c(OCC3CCCCC3)cccc12. The second-order valence-corrected chi connectivity index (χ2v) is 13.4. The van der Waals surface area contributed by atoms with Gasteiger partial charge in [0, 0.05) is 44.2 Å². The maximum Gasteiger partial charge on any atom is 0.410 e. The highest BCUT2D eigenvalue weighted by Gasteiger charge is 2.34. The number of nitrogens with zero attached hydrogens (tertiary/aromatic N) is 3. The Kier molecular flexibility index (Phi) is 11.5. The van der Waals surface area contributed by atoms with E-state index in [1.165, 1.54) is 32.1 Å². The third kappa shape index (κ3) is 9.21. The molecule has 2 heterocycles. The van der Waals surface area contributed by atoms with E-state index in [9.17, 15) is 9.59 Å². The van der Waals surface area contributed by atoms with Crippen molar-refractivity contribution in [3.05, 3.63) is 30.0 Å². The molecule has 1 atom stereocenters. The van der Waals surface area contributed by atoms with Gasteiger partial charge in [0.2, 0.25) is 0 Å². The zero-order chi connectivity index (χ0) is 31.0. The molecule has 0 unspecified atom stereocenters. The molecular formula is C34H51N3O6. The Bertz CT molecular complexity index is 1220. The molecule has 9 heteroatoms. The van der Waals surface area contributed by atoms with Crippen molar-refractivity contribution in [3.8, 4) is 11.5 Å². The van der Waals surface area contributed by atoms with Crippen molar-refractivity contribution in [2.24, 2.45) is 11.8 Å². The third-order valence-corrected chi connectivity index (χ3v) is 8.04. The van der Waals surface area contributed by atoms with Crippen LogP contribution in [0.2, 0.25) is 0 Å². The number of benzene rings is 1. The van der Waals surface area contributed by atoms with Gasteiger partial charge in [-0.2, -0.15) is 0 Å². The first-order valence-electron chi connectivity index (χ1n) is 16.0. The van der Waals surface area contributed by atoms with Crippen LogP contribution in [0.5, 0.6) is 11.5 Å². The molecule has 0 radical (unpaired) electrons. The number of ether oxygens (including phenoxy) is 4. The fraction of sp³-hybridized carbons (Fsp3) is 0.676. The van der Waals surface area contributed by atoms with Gasteiger partial charge in [0.05, 0.1) is 13.2 Å². The number of methoxy groups -OCH3 is 1. The molecule has 2 aromatic rings. The Morgan fingerprint density at radius 1 is 1.02 bits per heavy atom. The number of hydrogen-bond donors (Lipinski definition) is 0. The molecule has 238 valence electrons. The molecule has 9 nitrogen and oxygen atoms in total. The molecule has 4 rings (SSSR count). The van der Waals surface area contributed by atoms with Crippen LogP contribution in [0, 0.1) is 11.8 Å². The van der Waals surface area contributed by atoms with Crippen molar-refractivity contribution in [2.45, 2.75) is 91.2 Å². The van der Waals surface area contributed by atoms with E-state index in [1.807, 2.05) is 43.9 Å². The smallest absolute Gasteiger partial charge is 0.410 e. The third-order valence-electron chi connectivity index (χ3n) is 8.04. The summed E-state index contributed by atoms with van der Waals surface area (Å²) in [5.41, 5.74) is 0.353. The molecule has 1 saturated heterocycles. The Balaban J connectivity index is 1.65. The van der Waals surface area contributed by atoms with Gasteiger partial charge in [-0.1, -0.05) is 39.2 Å². The lowest BCUT2D eigenvalue weighted by molar-refractivity contribution is 0.00938. The molecule has 1 aromatic carbocycles. The summed E-state index contributed by atoms with van der Waals surface area (Å²) < 4.78 is 23.4. The Labute approximate surface area is 257 Å². The number of carbonyl (C=O) groups is 2. The summed E-state index contributed by atoms with van der Waals surface area (Å²) in [5, 5.41) is 0.804. The number of amides is 2. The van der Waals surface area contributed by atoms with Gasteiger partial charge in [0.15, 0.2) is 0 Å². The van der Waals surface area contributed by atoms with E-state index < -0.39 is 5.60 Å². The van der Waals surface area contributed by atoms with Crippen LogP contribution in [-0.2, 0) is 9.47 Å². The minimum atomic E-state index is -0.581. The van der Waals surface area contributed by atoms with Gasteiger partial charge in [0.25, 0.3) is 5.91 Å². The minimum absolute atomic E-state index is 0.149. The normalized spacial score (nSPS) is 18.1. The van der Waals surface area contributed by atoms with Crippen molar-refractivity contribution in [1.29, 1.82) is 0 Å². The van der Waals surface area contributed by atoms with Crippen LogP contribution in [-0.4, -0.2) is 85.0 Å². The topological polar surface area (TPSA) is 90.4 Å². The van der Waals surface area contributed by atoms with Gasteiger partial charge in [-0.05, 0) is 70.4 Å². The standard InChI is InChI=1S/C34H51N3O6/c1-24(2)21-37(26-14-11-17-36(22-26)33(39)43-34(3,4)5)32(38)28-20-30(41-19-18-40-6)27-15-10-16-29(31(27)35-28)42-23-25-12-8-7-9-13-25/h10,15-16,20,24-26H,7-9,11-14,17-19,21-23H2,1-6H3/t26-/m1/s1. The van der Waals surface area contributed by atoms with Crippen molar-refractivity contribution >= 4 is 22.9 Å². The highest BCUT2D eigenvalue weighted by atomic mass is 16.6. The molecule has 0 spiro atoms. The van der Waals surface area contributed by atoms with Crippen LogP contribution in [0.3, 0.4) is 0 Å². The predicted molar refractivity (Wildman–Crippen MR) is 168 cm³/mol. The molecule has 43 heavy (non-hydrogen) atoms. The lowest BCUT2D eigenvalue weighted by Gasteiger charge is -2.40. The molecule has 0 N–H and O–H groups in total. The maximum absolute atomic E-state index is 14.3. The van der Waals surface area contributed by atoms with E-state index in [-0.39, 0.29) is 24.0 Å². The number of likely N-dealkylation sites (tertiary alicyclic amines) is 1. The summed E-state index contributed by atoms with van der Waals surface area (Å²) in [6.07, 6.45) is 7.40. The van der Waals surface area contributed by atoms with Gasteiger partial charge < -0.3 is 28.7 Å². The summed E-state index contributed by atoms with van der Waals surface area (Å²) >= 11 is 0. The number of piperidine rings is 1. The summed E-state index contributed by atoms with van der Waals surface area (Å²) in [6, 6.07) is 7.43. The van der Waals surface area contributed by atoms with Crippen molar-refractivity contribution in [2.75, 3.05) is 46.6 Å². The van der Waals surface area contributed by atoms with Crippen LogP contribution in [0.1, 0.15) is 90.1 Å². The van der Waals surface area contributed by atoms with Gasteiger partial charge in [-0.3, -0.25) is 4.79 Å². The van der Waals surface area contributed by atoms with Crippen LogP contribution in [0.15, 0.2) is 24.3 Å². The van der Waals surface area contributed by atoms with Crippen molar-refractivity contribution in [3.63, 3.8) is 0 Å². The fourth-order valence-electron chi connectivity index (χ4n) is 5.97. The quantitative estimate of drug-likeness (QED) is 0.266. The van der Waals surface area contributed by atoms with Gasteiger partial charge in [-0.25, -0.2) is 9.78 Å². The van der Waals surface area contributed by atoms with Crippen molar-refractivity contribution < 1.29 is 28.5 Å². The molecule has 0 bridgehead atoms. The number of para-hydroxylation sites is 1. The molecule has 2 aliphatic rings. The van der Waals surface area contributed by atoms with Crippen LogP contribution < -0.4 is 9.47 Å². The highest BCUT2D eigenvalue weighted by molar-refractivity contribution is 5.98. The summed E-state index contributed by atoms with van der Waals surface area (Å²) in [5.74, 6) is 1.83. The summed E-state index contributed by atoms with van der Waals surface area (Å²) in [4.78, 5) is 35.8. The largest absolute Gasteiger partial charge is 0.491 e. The number of carbonyl (C=O) groups excluding carboxylic acids is 2. The first-order valence-corrected chi connectivity index (χ1v) is 16.0. The Hall–Kier alpha value is -3.07. The molecule has 2 fully saturated rings. The highest BCUT2D eigenvalue weighted by Crippen LogP contribution is 2.34. The Morgan fingerprint density at radius 2 is 1.79 bits per heavy atom. The number of fused-ring (bicyclic) bond motifs is 1. The van der Waals surface area contributed by atoms with Crippen LogP contribution >= 0.6 is 0 Å². The second kappa shape index (κ2) is 15.1. The van der Waals surface area contributed by atoms with E-state index in [1.54, 1.807) is 18.1 Å². The minimum Gasteiger partial charge on any atom is -0.491 e. The van der Waals surface area contributed by atoms with E-state index in [0.29, 0.717) is 68.1 Å². The van der Waals surface area contributed by atoms with E-state index >= 15 is 0 Å².